The summed E-state index contributed by atoms with van der Waals surface area (Å²) in [4.78, 5) is 1.46. The molecule has 0 aromatic heterocycles. The summed E-state index contributed by atoms with van der Waals surface area (Å²) in [6.45, 7) is 9.24. The van der Waals surface area contributed by atoms with Crippen LogP contribution in [-0.2, 0) is 0 Å². The third-order valence-corrected chi connectivity index (χ3v) is 5.82. The van der Waals surface area contributed by atoms with Gasteiger partial charge in [0.2, 0.25) is 0 Å². The van der Waals surface area contributed by atoms with E-state index in [2.05, 4.69) is 70.0 Å². The van der Waals surface area contributed by atoms with Crippen LogP contribution in [0.1, 0.15) is 44.2 Å². The van der Waals surface area contributed by atoms with Gasteiger partial charge in [-0.05, 0) is 57.2 Å². The molecule has 2 rings (SSSR count). The lowest BCUT2D eigenvalue weighted by atomic mass is 9.75. The Labute approximate surface area is 122 Å². The molecule has 0 spiro atoms. The Balaban J connectivity index is 2.16. The lowest BCUT2D eigenvalue weighted by Gasteiger charge is -2.40. The van der Waals surface area contributed by atoms with E-state index in [0.717, 1.165) is 0 Å². The van der Waals surface area contributed by atoms with Crippen LogP contribution in [0.5, 0.6) is 0 Å². The Hall–Kier alpha value is -0.470. The van der Waals surface area contributed by atoms with Crippen molar-refractivity contribution in [3.63, 3.8) is 0 Å². The first-order valence-corrected chi connectivity index (χ1v) is 8.20. The van der Waals surface area contributed by atoms with Crippen molar-refractivity contribution in [2.45, 2.75) is 63.1 Å². The van der Waals surface area contributed by atoms with E-state index in [0.29, 0.717) is 16.7 Å². The summed E-state index contributed by atoms with van der Waals surface area (Å²) < 4.78 is 0. The van der Waals surface area contributed by atoms with Gasteiger partial charge in [0, 0.05) is 16.2 Å². The Kier molecular flexibility index (Phi) is 4.62. The van der Waals surface area contributed by atoms with Crippen molar-refractivity contribution in [3.05, 3.63) is 29.3 Å². The van der Waals surface area contributed by atoms with Crippen LogP contribution in [0.3, 0.4) is 0 Å². The third-order valence-electron chi connectivity index (χ3n) is 4.33. The molecule has 0 aliphatic heterocycles. The van der Waals surface area contributed by atoms with Gasteiger partial charge >= 0.3 is 0 Å². The molecule has 1 fully saturated rings. The van der Waals surface area contributed by atoms with Crippen molar-refractivity contribution >= 4 is 11.8 Å². The highest BCUT2D eigenvalue weighted by Gasteiger charge is 2.34. The molecule has 106 valence electrons. The predicted molar refractivity (Wildman–Crippen MR) is 86.0 cm³/mol. The summed E-state index contributed by atoms with van der Waals surface area (Å²) in [6.07, 6.45) is 3.94. The van der Waals surface area contributed by atoms with Crippen LogP contribution in [0.25, 0.3) is 0 Å². The van der Waals surface area contributed by atoms with Gasteiger partial charge in [0.1, 0.15) is 0 Å². The highest BCUT2D eigenvalue weighted by atomic mass is 32.2. The molecule has 1 aliphatic carbocycles. The van der Waals surface area contributed by atoms with Gasteiger partial charge in [-0.25, -0.2) is 0 Å². The first kappa shape index (κ1) is 14.9. The number of rotatable bonds is 3. The number of nitrogens with one attached hydrogen (secondary N) is 1. The van der Waals surface area contributed by atoms with E-state index in [1.807, 2.05) is 0 Å². The van der Waals surface area contributed by atoms with Crippen molar-refractivity contribution < 1.29 is 0 Å². The van der Waals surface area contributed by atoms with E-state index in [1.54, 1.807) is 0 Å². The molecule has 19 heavy (non-hydrogen) atoms. The first-order chi connectivity index (χ1) is 8.91. The van der Waals surface area contributed by atoms with E-state index >= 15 is 0 Å². The van der Waals surface area contributed by atoms with E-state index in [1.165, 1.54) is 35.3 Å². The minimum absolute atomic E-state index is 0.489. The third kappa shape index (κ3) is 3.76. The van der Waals surface area contributed by atoms with Gasteiger partial charge < -0.3 is 5.32 Å². The molecule has 2 unspecified atom stereocenters. The normalized spacial score (nSPS) is 26.4. The number of benzene rings is 1. The molecule has 1 aromatic rings. The highest BCUT2D eigenvalue weighted by molar-refractivity contribution is 8.00. The number of hydrogen-bond donors (Lipinski definition) is 1. The Morgan fingerprint density at radius 2 is 2.00 bits per heavy atom. The molecule has 1 N–H and O–H groups in total. The highest BCUT2D eigenvalue weighted by Crippen LogP contribution is 2.43. The molecule has 0 heterocycles. The molecule has 1 saturated carbocycles. The molecule has 1 aliphatic rings. The van der Waals surface area contributed by atoms with Crippen molar-refractivity contribution in [2.75, 3.05) is 7.05 Å². The van der Waals surface area contributed by atoms with Gasteiger partial charge in [-0.2, -0.15) is 0 Å². The molecule has 0 bridgehead atoms. The van der Waals surface area contributed by atoms with Crippen LogP contribution in [0.2, 0.25) is 0 Å². The maximum atomic E-state index is 3.53. The van der Waals surface area contributed by atoms with Crippen LogP contribution in [0.15, 0.2) is 23.1 Å². The second-order valence-corrected chi connectivity index (χ2v) is 8.01. The summed E-state index contributed by atoms with van der Waals surface area (Å²) in [6, 6.07) is 7.45. The van der Waals surface area contributed by atoms with Crippen LogP contribution < -0.4 is 5.32 Å². The van der Waals surface area contributed by atoms with Crippen LogP contribution in [0.4, 0.5) is 0 Å². The molecule has 1 nitrogen and oxygen atoms in total. The van der Waals surface area contributed by atoms with Crippen molar-refractivity contribution in [1.29, 1.82) is 0 Å². The Morgan fingerprint density at radius 1 is 1.26 bits per heavy atom. The molecule has 0 radical (unpaired) electrons. The number of hydrogen-bond acceptors (Lipinski definition) is 2. The zero-order valence-corrected chi connectivity index (χ0v) is 13.7. The average molecular weight is 277 g/mol. The van der Waals surface area contributed by atoms with Gasteiger partial charge in [0.15, 0.2) is 0 Å². The van der Waals surface area contributed by atoms with E-state index in [9.17, 15) is 0 Å². The van der Waals surface area contributed by atoms with E-state index in [4.69, 9.17) is 0 Å². The van der Waals surface area contributed by atoms with Crippen LogP contribution in [0, 0.1) is 19.3 Å². The monoisotopic (exact) mass is 277 g/mol. The number of aryl methyl sites for hydroxylation is 2. The molecular weight excluding hydrogens is 250 g/mol. The van der Waals surface area contributed by atoms with E-state index < -0.39 is 0 Å². The average Bonchev–Trinajstić information content (AvgIpc) is 2.33. The van der Waals surface area contributed by atoms with Gasteiger partial charge in [-0.3, -0.25) is 0 Å². The molecule has 2 heteroatoms. The standard InChI is InChI=1S/C17H27NS/c1-12-6-7-13(2)15(10-12)19-16-11-17(3,4)9-8-14(16)18-5/h6-7,10,14,16,18H,8-9,11H2,1-5H3. The zero-order chi connectivity index (χ0) is 14.0. The lowest BCUT2D eigenvalue weighted by Crippen LogP contribution is -2.43. The summed E-state index contributed by atoms with van der Waals surface area (Å²) >= 11 is 2.08. The second kappa shape index (κ2) is 5.88. The molecule has 1 aromatic carbocycles. The van der Waals surface area contributed by atoms with Crippen molar-refractivity contribution in [1.82, 2.24) is 5.32 Å². The summed E-state index contributed by atoms with van der Waals surface area (Å²) in [5.74, 6) is 0. The van der Waals surface area contributed by atoms with Gasteiger partial charge in [-0.1, -0.05) is 31.5 Å². The quantitative estimate of drug-likeness (QED) is 0.869. The van der Waals surface area contributed by atoms with Gasteiger partial charge in [0.05, 0.1) is 0 Å². The van der Waals surface area contributed by atoms with Crippen molar-refractivity contribution in [3.8, 4) is 0 Å². The van der Waals surface area contributed by atoms with Crippen LogP contribution in [-0.4, -0.2) is 18.3 Å². The second-order valence-electron chi connectivity index (χ2n) is 6.73. The Bertz CT molecular complexity index is 439. The summed E-state index contributed by atoms with van der Waals surface area (Å²) in [7, 11) is 2.11. The maximum absolute atomic E-state index is 3.53. The molecule has 2 atom stereocenters. The van der Waals surface area contributed by atoms with Gasteiger partial charge in [0.25, 0.3) is 0 Å². The fourth-order valence-electron chi connectivity index (χ4n) is 2.97. The van der Waals surface area contributed by atoms with Crippen LogP contribution >= 0.6 is 11.8 Å². The first-order valence-electron chi connectivity index (χ1n) is 7.32. The molecule has 0 saturated heterocycles. The lowest BCUT2D eigenvalue weighted by molar-refractivity contribution is 0.218. The molecule has 0 amide bonds. The predicted octanol–water partition coefficient (Wildman–Crippen LogP) is 4.56. The summed E-state index contributed by atoms with van der Waals surface area (Å²) in [5, 5.41) is 4.21. The van der Waals surface area contributed by atoms with Gasteiger partial charge in [-0.15, -0.1) is 11.8 Å². The minimum Gasteiger partial charge on any atom is -0.316 e. The largest absolute Gasteiger partial charge is 0.316 e. The molecular formula is C17H27NS. The van der Waals surface area contributed by atoms with Crippen molar-refractivity contribution in [2.24, 2.45) is 5.41 Å². The smallest absolute Gasteiger partial charge is 0.0253 e. The Morgan fingerprint density at radius 3 is 2.68 bits per heavy atom. The summed E-state index contributed by atoms with van der Waals surface area (Å²) in [5.41, 5.74) is 3.26. The minimum atomic E-state index is 0.489. The number of thioether (sulfide) groups is 1. The maximum Gasteiger partial charge on any atom is 0.0253 e. The fourth-order valence-corrected chi connectivity index (χ4v) is 4.78. The SMILES string of the molecule is CNC1CCC(C)(C)CC1Sc1cc(C)ccc1C. The van der Waals surface area contributed by atoms with E-state index in [-0.39, 0.29) is 0 Å². The fraction of sp³-hybridized carbons (Fsp3) is 0.647. The zero-order valence-electron chi connectivity index (χ0n) is 12.9. The topological polar surface area (TPSA) is 12.0 Å².